The van der Waals surface area contributed by atoms with E-state index < -0.39 is 0 Å². The normalized spacial score (nSPS) is 16.4. The van der Waals surface area contributed by atoms with Gasteiger partial charge in [-0.25, -0.2) is 0 Å². The zero-order valence-corrected chi connectivity index (χ0v) is 23.8. The van der Waals surface area contributed by atoms with Crippen LogP contribution in [0.5, 0.6) is 17.2 Å². The Balaban J connectivity index is 1.11. The quantitative estimate of drug-likeness (QED) is 0.360. The summed E-state index contributed by atoms with van der Waals surface area (Å²) in [7, 11) is 3.81. The van der Waals surface area contributed by atoms with E-state index in [2.05, 4.69) is 59.1 Å². The Morgan fingerprint density at radius 1 is 0.925 bits per heavy atom. The Hall–Kier alpha value is -3.62. The van der Waals surface area contributed by atoms with E-state index >= 15 is 0 Å². The highest BCUT2D eigenvalue weighted by molar-refractivity contribution is 5.93. The van der Waals surface area contributed by atoms with Crippen molar-refractivity contribution in [2.45, 2.75) is 25.9 Å². The van der Waals surface area contributed by atoms with Crippen molar-refractivity contribution in [1.82, 2.24) is 19.7 Å². The van der Waals surface area contributed by atoms with Crippen molar-refractivity contribution >= 4 is 5.91 Å². The summed E-state index contributed by atoms with van der Waals surface area (Å²) < 4.78 is 17.6. The van der Waals surface area contributed by atoms with Gasteiger partial charge in [0, 0.05) is 64.0 Å². The van der Waals surface area contributed by atoms with E-state index in [0.29, 0.717) is 49.2 Å². The van der Waals surface area contributed by atoms with Crippen molar-refractivity contribution in [1.29, 1.82) is 0 Å². The van der Waals surface area contributed by atoms with E-state index in [4.69, 9.17) is 14.2 Å². The summed E-state index contributed by atoms with van der Waals surface area (Å²) in [5.74, 6) is 2.28. The number of benzene rings is 2. The SMILES string of the molecule is CCc1ccc(COc2ccc(C3CN(C(=O)c4cc(OCCN5CCN(C)CC5)ccn4)C3)cc2OC)cc1. The molecule has 3 heterocycles. The number of amides is 1. The van der Waals surface area contributed by atoms with Crippen LogP contribution >= 0.6 is 0 Å². The fourth-order valence-electron chi connectivity index (χ4n) is 5.09. The monoisotopic (exact) mass is 544 g/mol. The van der Waals surface area contributed by atoms with Gasteiger partial charge < -0.3 is 24.0 Å². The number of methoxy groups -OCH3 is 1. The molecule has 40 heavy (non-hydrogen) atoms. The average molecular weight is 545 g/mol. The number of piperazine rings is 1. The van der Waals surface area contributed by atoms with Gasteiger partial charge in [0.25, 0.3) is 5.91 Å². The van der Waals surface area contributed by atoms with E-state index in [1.807, 2.05) is 23.1 Å². The lowest BCUT2D eigenvalue weighted by molar-refractivity contribution is 0.0595. The number of hydrogen-bond acceptors (Lipinski definition) is 7. The number of likely N-dealkylation sites (N-methyl/N-ethyl adjacent to an activating group) is 1. The molecule has 0 spiro atoms. The maximum Gasteiger partial charge on any atom is 0.272 e. The highest BCUT2D eigenvalue weighted by atomic mass is 16.5. The molecule has 2 aliphatic rings. The zero-order valence-electron chi connectivity index (χ0n) is 23.8. The van der Waals surface area contributed by atoms with Gasteiger partial charge in [0.1, 0.15) is 24.7 Å². The number of carbonyl (C=O) groups is 1. The maximum absolute atomic E-state index is 13.1. The standard InChI is InChI=1S/C32H40N4O4/c1-4-24-5-7-25(8-6-24)23-40-30-10-9-26(19-31(30)38-3)27-21-36(22-27)32(37)29-20-28(11-12-33-29)39-18-17-35-15-13-34(2)14-16-35/h5-12,19-20,27H,4,13-18,21-23H2,1-3H3. The summed E-state index contributed by atoms with van der Waals surface area (Å²) >= 11 is 0. The summed E-state index contributed by atoms with van der Waals surface area (Å²) in [6, 6.07) is 18.1. The third-order valence-corrected chi connectivity index (χ3v) is 7.88. The predicted octanol–water partition coefficient (Wildman–Crippen LogP) is 4.10. The van der Waals surface area contributed by atoms with Crippen molar-refractivity contribution < 1.29 is 19.0 Å². The second-order valence-electron chi connectivity index (χ2n) is 10.6. The van der Waals surface area contributed by atoms with Crippen LogP contribution in [-0.2, 0) is 13.0 Å². The first-order valence-electron chi connectivity index (χ1n) is 14.2. The first-order valence-corrected chi connectivity index (χ1v) is 14.2. The molecule has 3 aromatic rings. The van der Waals surface area contributed by atoms with E-state index in [1.54, 1.807) is 19.4 Å². The molecule has 2 aliphatic heterocycles. The van der Waals surface area contributed by atoms with Gasteiger partial charge in [-0.05, 0) is 48.4 Å². The molecule has 0 N–H and O–H groups in total. The molecule has 0 aliphatic carbocycles. The van der Waals surface area contributed by atoms with Gasteiger partial charge in [-0.2, -0.15) is 0 Å². The molecule has 8 heteroatoms. The fraction of sp³-hybridized carbons (Fsp3) is 0.438. The van der Waals surface area contributed by atoms with E-state index in [9.17, 15) is 4.79 Å². The Bertz CT molecular complexity index is 1270. The number of hydrogen-bond donors (Lipinski definition) is 0. The number of aromatic nitrogens is 1. The fourth-order valence-corrected chi connectivity index (χ4v) is 5.09. The van der Waals surface area contributed by atoms with Crippen LogP contribution in [0.25, 0.3) is 0 Å². The second-order valence-corrected chi connectivity index (χ2v) is 10.6. The molecular weight excluding hydrogens is 504 g/mol. The van der Waals surface area contributed by atoms with Crippen molar-refractivity contribution in [3.05, 3.63) is 83.2 Å². The van der Waals surface area contributed by atoms with Gasteiger partial charge >= 0.3 is 0 Å². The third-order valence-electron chi connectivity index (χ3n) is 7.88. The topological polar surface area (TPSA) is 67.4 Å². The first kappa shape index (κ1) is 27.9. The van der Waals surface area contributed by atoms with Crippen molar-refractivity contribution in [2.75, 3.05) is 66.6 Å². The van der Waals surface area contributed by atoms with Gasteiger partial charge in [-0.15, -0.1) is 0 Å². The van der Waals surface area contributed by atoms with Gasteiger partial charge in [0.15, 0.2) is 11.5 Å². The van der Waals surface area contributed by atoms with E-state index in [-0.39, 0.29) is 11.8 Å². The second kappa shape index (κ2) is 13.2. The highest BCUT2D eigenvalue weighted by Gasteiger charge is 2.33. The van der Waals surface area contributed by atoms with Gasteiger partial charge in [-0.3, -0.25) is 14.7 Å². The minimum atomic E-state index is -0.0678. The molecule has 0 bridgehead atoms. The zero-order chi connectivity index (χ0) is 27.9. The van der Waals surface area contributed by atoms with Crippen LogP contribution in [0, 0.1) is 0 Å². The summed E-state index contributed by atoms with van der Waals surface area (Å²) in [6.07, 6.45) is 2.67. The Labute approximate surface area is 237 Å². The summed E-state index contributed by atoms with van der Waals surface area (Å²) in [4.78, 5) is 24.0. The predicted molar refractivity (Wildman–Crippen MR) is 155 cm³/mol. The minimum absolute atomic E-state index is 0.0678. The molecule has 2 fully saturated rings. The molecule has 0 atom stereocenters. The van der Waals surface area contributed by atoms with Crippen molar-refractivity contribution in [3.8, 4) is 17.2 Å². The molecule has 5 rings (SSSR count). The summed E-state index contributed by atoms with van der Waals surface area (Å²) in [5.41, 5.74) is 3.99. The lowest BCUT2D eigenvalue weighted by Gasteiger charge is -2.39. The van der Waals surface area contributed by atoms with Crippen LogP contribution in [0.3, 0.4) is 0 Å². The number of nitrogens with zero attached hydrogens (tertiary/aromatic N) is 4. The largest absolute Gasteiger partial charge is 0.493 e. The average Bonchev–Trinajstić information content (AvgIpc) is 2.97. The maximum atomic E-state index is 13.1. The van der Waals surface area contributed by atoms with Crippen LogP contribution in [0.2, 0.25) is 0 Å². The molecule has 212 valence electrons. The van der Waals surface area contributed by atoms with Gasteiger partial charge in [0.2, 0.25) is 0 Å². The molecule has 1 aromatic heterocycles. The molecular formula is C32H40N4O4. The first-order chi connectivity index (χ1) is 19.5. The van der Waals surface area contributed by atoms with Crippen LogP contribution in [0.1, 0.15) is 40.0 Å². The molecule has 0 saturated carbocycles. The molecule has 8 nitrogen and oxygen atoms in total. The molecule has 1 amide bonds. The number of pyridine rings is 1. The Morgan fingerprint density at radius 3 is 2.40 bits per heavy atom. The number of likely N-dealkylation sites (tertiary alicyclic amines) is 1. The molecule has 0 radical (unpaired) electrons. The minimum Gasteiger partial charge on any atom is -0.493 e. The lowest BCUT2D eigenvalue weighted by Crippen LogP contribution is -2.48. The smallest absolute Gasteiger partial charge is 0.272 e. The van der Waals surface area contributed by atoms with Crippen LogP contribution in [0.15, 0.2) is 60.8 Å². The third kappa shape index (κ3) is 6.92. The van der Waals surface area contributed by atoms with Crippen molar-refractivity contribution in [2.24, 2.45) is 0 Å². The van der Waals surface area contributed by atoms with Crippen molar-refractivity contribution in [3.63, 3.8) is 0 Å². The van der Waals surface area contributed by atoms with E-state index in [1.165, 1.54) is 5.56 Å². The Kier molecular flexibility index (Phi) is 9.19. The molecule has 2 saturated heterocycles. The van der Waals surface area contributed by atoms with Crippen LogP contribution in [0.4, 0.5) is 0 Å². The van der Waals surface area contributed by atoms with Crippen LogP contribution in [-0.4, -0.2) is 92.2 Å². The van der Waals surface area contributed by atoms with E-state index in [0.717, 1.165) is 50.3 Å². The number of aryl methyl sites for hydroxylation is 1. The summed E-state index contributed by atoms with van der Waals surface area (Å²) in [5, 5.41) is 0. The van der Waals surface area contributed by atoms with Crippen LogP contribution < -0.4 is 14.2 Å². The molecule has 0 unspecified atom stereocenters. The number of ether oxygens (including phenoxy) is 3. The number of rotatable bonds is 11. The number of carbonyl (C=O) groups excluding carboxylic acids is 1. The lowest BCUT2D eigenvalue weighted by atomic mass is 9.91. The summed E-state index contributed by atoms with van der Waals surface area (Å²) in [6.45, 7) is 9.69. The van der Waals surface area contributed by atoms with Gasteiger partial charge in [0.05, 0.1) is 7.11 Å². The van der Waals surface area contributed by atoms with Gasteiger partial charge in [-0.1, -0.05) is 37.3 Å². The Morgan fingerprint density at radius 2 is 1.68 bits per heavy atom. The molecule has 2 aromatic carbocycles. The highest BCUT2D eigenvalue weighted by Crippen LogP contribution is 2.35.